The molecule has 1 amide bonds. The lowest BCUT2D eigenvalue weighted by atomic mass is 9.94. The van der Waals surface area contributed by atoms with E-state index in [9.17, 15) is 9.90 Å². The Bertz CT molecular complexity index is 907. The summed E-state index contributed by atoms with van der Waals surface area (Å²) in [6.07, 6.45) is 3.47. The average Bonchev–Trinajstić information content (AvgIpc) is 2.79. The molecule has 6 nitrogen and oxygen atoms in total. The summed E-state index contributed by atoms with van der Waals surface area (Å²) in [4.78, 5) is 16.4. The van der Waals surface area contributed by atoms with E-state index in [-0.39, 0.29) is 12.6 Å². The van der Waals surface area contributed by atoms with Gasteiger partial charge in [0.25, 0.3) is 0 Å². The Morgan fingerprint density at radius 2 is 1.55 bits per heavy atom. The van der Waals surface area contributed by atoms with Gasteiger partial charge in [-0.2, -0.15) is 0 Å². The number of alkyl carbamates (subject to hydrolysis) is 1. The third kappa shape index (κ3) is 7.85. The van der Waals surface area contributed by atoms with Crippen molar-refractivity contribution in [1.82, 2.24) is 10.3 Å². The molecule has 3 atom stereocenters. The van der Waals surface area contributed by atoms with Gasteiger partial charge in [-0.1, -0.05) is 66.7 Å². The zero-order valence-electron chi connectivity index (χ0n) is 17.4. The molecule has 1 unspecified atom stereocenters. The molecule has 2 aromatic carbocycles. The molecule has 0 aliphatic carbocycles. The highest BCUT2D eigenvalue weighted by molar-refractivity contribution is 5.67. The first-order valence-corrected chi connectivity index (χ1v) is 10.4. The lowest BCUT2D eigenvalue weighted by Gasteiger charge is -2.25. The van der Waals surface area contributed by atoms with Crippen molar-refractivity contribution in [3.8, 4) is 0 Å². The highest BCUT2D eigenvalue weighted by Crippen LogP contribution is 2.13. The van der Waals surface area contributed by atoms with E-state index in [2.05, 4.69) is 10.3 Å². The van der Waals surface area contributed by atoms with E-state index in [1.165, 1.54) is 0 Å². The van der Waals surface area contributed by atoms with Crippen LogP contribution in [0.4, 0.5) is 4.79 Å². The number of ether oxygens (including phenoxy) is 1. The molecule has 6 heteroatoms. The Morgan fingerprint density at radius 1 is 0.935 bits per heavy atom. The van der Waals surface area contributed by atoms with Gasteiger partial charge in [0.15, 0.2) is 0 Å². The van der Waals surface area contributed by atoms with Crippen molar-refractivity contribution in [3.05, 3.63) is 102 Å². The van der Waals surface area contributed by atoms with Gasteiger partial charge in [-0.25, -0.2) is 4.79 Å². The number of carbonyl (C=O) groups excluding carboxylic acids is 1. The summed E-state index contributed by atoms with van der Waals surface area (Å²) in [6.45, 7) is 0.133. The van der Waals surface area contributed by atoms with Crippen molar-refractivity contribution in [1.29, 1.82) is 0 Å². The van der Waals surface area contributed by atoms with Gasteiger partial charge in [0, 0.05) is 30.0 Å². The topological polar surface area (TPSA) is 97.5 Å². The lowest BCUT2D eigenvalue weighted by molar-refractivity contribution is 0.109. The molecule has 162 valence electrons. The van der Waals surface area contributed by atoms with Crippen molar-refractivity contribution < 1.29 is 14.6 Å². The van der Waals surface area contributed by atoms with Crippen molar-refractivity contribution in [3.63, 3.8) is 0 Å². The van der Waals surface area contributed by atoms with Crippen LogP contribution in [-0.2, 0) is 24.2 Å². The summed E-state index contributed by atoms with van der Waals surface area (Å²) in [6, 6.07) is 22.5. The number of rotatable bonds is 10. The fourth-order valence-corrected chi connectivity index (χ4v) is 3.42. The van der Waals surface area contributed by atoms with Crippen molar-refractivity contribution in [2.24, 2.45) is 5.73 Å². The normalized spacial score (nSPS) is 13.7. The first-order chi connectivity index (χ1) is 15.1. The van der Waals surface area contributed by atoms with Gasteiger partial charge < -0.3 is 20.9 Å². The van der Waals surface area contributed by atoms with Gasteiger partial charge in [-0.05, 0) is 36.5 Å². The molecule has 0 fully saturated rings. The van der Waals surface area contributed by atoms with Crippen LogP contribution in [0, 0.1) is 0 Å². The maximum atomic E-state index is 12.4. The molecular weight excluding hydrogens is 390 g/mol. The monoisotopic (exact) mass is 419 g/mol. The minimum Gasteiger partial charge on any atom is -0.445 e. The molecule has 0 aliphatic rings. The van der Waals surface area contributed by atoms with Crippen molar-refractivity contribution in [2.45, 2.75) is 44.1 Å². The summed E-state index contributed by atoms with van der Waals surface area (Å²) in [5, 5.41) is 13.6. The Morgan fingerprint density at radius 3 is 2.16 bits per heavy atom. The maximum Gasteiger partial charge on any atom is 0.407 e. The van der Waals surface area contributed by atoms with Crippen LogP contribution >= 0.6 is 0 Å². The number of aliphatic hydroxyl groups excluding tert-OH is 1. The van der Waals surface area contributed by atoms with E-state index < -0.39 is 18.2 Å². The second-order valence-corrected chi connectivity index (χ2v) is 7.63. The van der Waals surface area contributed by atoms with Gasteiger partial charge in [0.05, 0.1) is 6.10 Å². The number of hydrogen-bond donors (Lipinski definition) is 3. The number of carbonyl (C=O) groups is 1. The number of nitrogens with two attached hydrogens (primary N) is 1. The SMILES string of the molecule is NC(Cc1ccccc1)[C@@H](O)C[C@H](Cc1ccccc1)NC(=O)OCc1cccnc1. The van der Waals surface area contributed by atoms with E-state index in [1.807, 2.05) is 66.7 Å². The van der Waals surface area contributed by atoms with Crippen LogP contribution in [0.5, 0.6) is 0 Å². The highest BCUT2D eigenvalue weighted by Gasteiger charge is 2.23. The fourth-order valence-electron chi connectivity index (χ4n) is 3.42. The Hall–Kier alpha value is -3.22. The van der Waals surface area contributed by atoms with E-state index in [0.717, 1.165) is 16.7 Å². The van der Waals surface area contributed by atoms with Crippen molar-refractivity contribution in [2.75, 3.05) is 0 Å². The molecule has 0 aliphatic heterocycles. The molecule has 0 radical (unpaired) electrons. The van der Waals surface area contributed by atoms with Crippen LogP contribution in [0.1, 0.15) is 23.1 Å². The zero-order chi connectivity index (χ0) is 21.9. The van der Waals surface area contributed by atoms with Crippen molar-refractivity contribution >= 4 is 6.09 Å². The number of hydrogen-bond acceptors (Lipinski definition) is 5. The molecule has 3 aromatic rings. The maximum absolute atomic E-state index is 12.4. The van der Waals surface area contributed by atoms with Gasteiger partial charge >= 0.3 is 6.09 Å². The van der Waals surface area contributed by atoms with Gasteiger partial charge in [0.2, 0.25) is 0 Å². The molecule has 1 aromatic heterocycles. The summed E-state index contributed by atoms with van der Waals surface area (Å²) in [5.74, 6) is 0. The summed E-state index contributed by atoms with van der Waals surface area (Å²) >= 11 is 0. The Labute approximate surface area is 183 Å². The van der Waals surface area contributed by atoms with E-state index in [1.54, 1.807) is 18.5 Å². The Balaban J connectivity index is 1.59. The molecule has 1 heterocycles. The molecule has 31 heavy (non-hydrogen) atoms. The highest BCUT2D eigenvalue weighted by atomic mass is 16.5. The third-order valence-electron chi connectivity index (χ3n) is 5.07. The standard InChI is InChI=1S/C25H29N3O3/c26-23(15-20-10-5-2-6-11-20)24(29)16-22(14-19-8-3-1-4-9-19)28-25(30)31-18-21-12-7-13-27-17-21/h1-13,17,22-24,29H,14-16,18,26H2,(H,28,30)/t22-,23?,24-/m0/s1. The quantitative estimate of drug-likeness (QED) is 0.469. The number of aromatic nitrogens is 1. The van der Waals surface area contributed by atoms with Crippen LogP contribution in [-0.4, -0.2) is 34.4 Å². The molecule has 0 saturated carbocycles. The molecule has 3 rings (SSSR count). The molecule has 0 bridgehead atoms. The molecular formula is C25H29N3O3. The van der Waals surface area contributed by atoms with Gasteiger partial charge in [-0.3, -0.25) is 4.98 Å². The van der Waals surface area contributed by atoms with Crippen LogP contribution in [0.2, 0.25) is 0 Å². The number of pyridine rings is 1. The van der Waals surface area contributed by atoms with Crippen LogP contribution < -0.4 is 11.1 Å². The van der Waals surface area contributed by atoms with Crippen LogP contribution in [0.3, 0.4) is 0 Å². The zero-order valence-corrected chi connectivity index (χ0v) is 17.4. The predicted octanol–water partition coefficient (Wildman–Crippen LogP) is 3.24. The van der Waals surface area contributed by atoms with Crippen LogP contribution in [0.15, 0.2) is 85.2 Å². The lowest BCUT2D eigenvalue weighted by Crippen LogP contribution is -2.44. The second-order valence-electron chi connectivity index (χ2n) is 7.63. The minimum absolute atomic E-state index is 0.133. The predicted molar refractivity (Wildman–Crippen MR) is 120 cm³/mol. The third-order valence-corrected chi connectivity index (χ3v) is 5.07. The van der Waals surface area contributed by atoms with Gasteiger partial charge in [-0.15, -0.1) is 0 Å². The number of benzene rings is 2. The first kappa shape index (κ1) is 22.5. The number of nitrogens with zero attached hydrogens (tertiary/aromatic N) is 1. The number of nitrogens with one attached hydrogen (secondary N) is 1. The van der Waals surface area contributed by atoms with E-state index in [0.29, 0.717) is 19.3 Å². The van der Waals surface area contributed by atoms with E-state index in [4.69, 9.17) is 10.5 Å². The van der Waals surface area contributed by atoms with E-state index >= 15 is 0 Å². The molecule has 0 spiro atoms. The first-order valence-electron chi connectivity index (χ1n) is 10.4. The fraction of sp³-hybridized carbons (Fsp3) is 0.280. The summed E-state index contributed by atoms with van der Waals surface area (Å²) in [5.41, 5.74) is 9.19. The summed E-state index contributed by atoms with van der Waals surface area (Å²) in [7, 11) is 0. The number of amides is 1. The molecule has 4 N–H and O–H groups in total. The molecule has 0 saturated heterocycles. The van der Waals surface area contributed by atoms with Gasteiger partial charge in [0.1, 0.15) is 6.61 Å². The smallest absolute Gasteiger partial charge is 0.407 e. The average molecular weight is 420 g/mol. The van der Waals surface area contributed by atoms with Crippen LogP contribution in [0.25, 0.3) is 0 Å². The Kier molecular flexibility index (Phi) is 8.58. The minimum atomic E-state index is -0.771. The second kappa shape index (κ2) is 11.8. The largest absolute Gasteiger partial charge is 0.445 e. The number of aliphatic hydroxyl groups is 1. The summed E-state index contributed by atoms with van der Waals surface area (Å²) < 4.78 is 5.33.